The van der Waals surface area contributed by atoms with E-state index in [0.717, 1.165) is 19.1 Å². The zero-order valence-electron chi connectivity index (χ0n) is 8.38. The van der Waals surface area contributed by atoms with Gasteiger partial charge in [-0.3, -0.25) is 0 Å². The molecule has 0 rings (SSSR count). The van der Waals surface area contributed by atoms with Crippen molar-refractivity contribution in [3.8, 4) is 0 Å². The molecule has 0 bridgehead atoms. The second-order valence-electron chi connectivity index (χ2n) is 3.03. The van der Waals surface area contributed by atoms with Gasteiger partial charge in [0.15, 0.2) is 0 Å². The number of rotatable bonds is 7. The van der Waals surface area contributed by atoms with E-state index in [1.807, 2.05) is 0 Å². The summed E-state index contributed by atoms with van der Waals surface area (Å²) in [6, 6.07) is 1.23. The van der Waals surface area contributed by atoms with Gasteiger partial charge < -0.3 is 9.84 Å². The van der Waals surface area contributed by atoms with Gasteiger partial charge in [0.05, 0.1) is 9.52 Å². The Morgan fingerprint density at radius 1 is 1.62 bits per heavy atom. The molecule has 0 fully saturated rings. The van der Waals surface area contributed by atoms with Crippen LogP contribution >= 0.6 is 0 Å². The van der Waals surface area contributed by atoms with Crippen LogP contribution in [0.25, 0.3) is 0 Å². The van der Waals surface area contributed by atoms with Gasteiger partial charge in [-0.15, -0.1) is 0 Å². The molecule has 0 aromatic heterocycles. The van der Waals surface area contributed by atoms with Crippen LogP contribution in [0.1, 0.15) is 19.8 Å². The normalized spacial score (nSPS) is 12.6. The summed E-state index contributed by atoms with van der Waals surface area (Å²) in [7, 11) is 1.67. The van der Waals surface area contributed by atoms with E-state index in [1.165, 1.54) is 6.04 Å². The highest BCUT2D eigenvalue weighted by Crippen LogP contribution is 2.01. The molecule has 0 aromatic carbocycles. The summed E-state index contributed by atoms with van der Waals surface area (Å²) in [5.41, 5.74) is 0.452. The Morgan fingerprint density at radius 2 is 2.31 bits per heavy atom. The average Bonchev–Trinajstić information content (AvgIpc) is 2.10. The third kappa shape index (κ3) is 7.74. The molecular weight excluding hydrogens is 184 g/mol. The van der Waals surface area contributed by atoms with Crippen molar-refractivity contribution in [2.45, 2.75) is 25.8 Å². The standard InChI is InChI=1S/C9H18O3Si/c1-8(9(10)11)5-3-4-6-13-7-12-2/h5H,3-4,6-7,13H2,1-2H3,(H,10,11). The Kier molecular flexibility index (Phi) is 7.63. The molecule has 0 aromatic rings. The zero-order valence-corrected chi connectivity index (χ0v) is 9.79. The molecule has 0 atom stereocenters. The molecule has 0 spiro atoms. The molecule has 0 aliphatic carbocycles. The van der Waals surface area contributed by atoms with E-state index in [2.05, 4.69) is 0 Å². The van der Waals surface area contributed by atoms with Crippen molar-refractivity contribution >= 4 is 15.5 Å². The van der Waals surface area contributed by atoms with Crippen molar-refractivity contribution in [1.29, 1.82) is 0 Å². The van der Waals surface area contributed by atoms with Gasteiger partial charge in [-0.2, -0.15) is 0 Å². The van der Waals surface area contributed by atoms with E-state index in [0.29, 0.717) is 5.57 Å². The van der Waals surface area contributed by atoms with Crippen LogP contribution in [0.2, 0.25) is 6.04 Å². The largest absolute Gasteiger partial charge is 0.478 e. The smallest absolute Gasteiger partial charge is 0.330 e. The van der Waals surface area contributed by atoms with Crippen LogP contribution in [-0.2, 0) is 9.53 Å². The van der Waals surface area contributed by atoms with Crippen LogP contribution in [-0.4, -0.2) is 33.9 Å². The average molecular weight is 202 g/mol. The van der Waals surface area contributed by atoms with Gasteiger partial charge in [0.25, 0.3) is 0 Å². The topological polar surface area (TPSA) is 46.5 Å². The molecule has 3 nitrogen and oxygen atoms in total. The van der Waals surface area contributed by atoms with E-state index >= 15 is 0 Å². The first-order valence-electron chi connectivity index (χ1n) is 4.57. The molecule has 0 unspecified atom stereocenters. The fraction of sp³-hybridized carbons (Fsp3) is 0.667. The molecule has 0 saturated carbocycles. The Bertz CT molecular complexity index is 178. The highest BCUT2D eigenvalue weighted by molar-refractivity contribution is 6.35. The second kappa shape index (κ2) is 8.01. The number of hydrogen-bond acceptors (Lipinski definition) is 2. The van der Waals surface area contributed by atoms with Crippen LogP contribution in [0.3, 0.4) is 0 Å². The maximum absolute atomic E-state index is 10.4. The number of hydrogen-bond donors (Lipinski definition) is 1. The summed E-state index contributed by atoms with van der Waals surface area (Å²) in [4.78, 5) is 10.4. The third-order valence-electron chi connectivity index (χ3n) is 1.84. The number of allylic oxidation sites excluding steroid dienone is 1. The molecule has 0 heterocycles. The number of aliphatic carboxylic acids is 1. The maximum Gasteiger partial charge on any atom is 0.330 e. The SMILES string of the molecule is COC[SiH2]CCCC=C(C)C(=O)O. The molecule has 0 radical (unpaired) electrons. The molecule has 0 amide bonds. The van der Waals surface area contributed by atoms with Crippen molar-refractivity contribution in [2.75, 3.05) is 13.3 Å². The summed E-state index contributed by atoms with van der Waals surface area (Å²) in [6.07, 6.45) is 4.71. The van der Waals surface area contributed by atoms with Gasteiger partial charge in [0.1, 0.15) is 0 Å². The van der Waals surface area contributed by atoms with Crippen molar-refractivity contribution < 1.29 is 14.6 Å². The lowest BCUT2D eigenvalue weighted by Gasteiger charge is -1.97. The lowest BCUT2D eigenvalue weighted by Crippen LogP contribution is -2.00. The fourth-order valence-electron chi connectivity index (χ4n) is 0.973. The van der Waals surface area contributed by atoms with Crippen molar-refractivity contribution in [3.63, 3.8) is 0 Å². The van der Waals surface area contributed by atoms with Gasteiger partial charge in [-0.05, 0) is 13.3 Å². The van der Waals surface area contributed by atoms with Crippen LogP contribution in [0.4, 0.5) is 0 Å². The first kappa shape index (κ1) is 12.4. The number of carbonyl (C=O) groups is 1. The van der Waals surface area contributed by atoms with E-state index < -0.39 is 5.97 Å². The summed E-state index contributed by atoms with van der Waals surface area (Å²) in [5.74, 6) is -0.811. The minimum Gasteiger partial charge on any atom is -0.478 e. The van der Waals surface area contributed by atoms with Crippen LogP contribution in [0.5, 0.6) is 0 Å². The number of ether oxygens (including phenoxy) is 1. The minimum atomic E-state index is -0.811. The highest BCUT2D eigenvalue weighted by atomic mass is 28.2. The van der Waals surface area contributed by atoms with Gasteiger partial charge in [0.2, 0.25) is 0 Å². The van der Waals surface area contributed by atoms with Gasteiger partial charge in [0, 0.05) is 18.9 Å². The lowest BCUT2D eigenvalue weighted by atomic mass is 10.2. The first-order valence-corrected chi connectivity index (χ1v) is 6.57. The number of carboxylic acids is 1. The molecule has 76 valence electrons. The van der Waals surface area contributed by atoms with Crippen molar-refractivity contribution in [2.24, 2.45) is 0 Å². The number of carboxylic acid groups (broad SMARTS) is 1. The third-order valence-corrected chi connectivity index (χ3v) is 3.54. The monoisotopic (exact) mass is 202 g/mol. The van der Waals surface area contributed by atoms with Gasteiger partial charge >= 0.3 is 5.97 Å². The number of unbranched alkanes of at least 4 members (excludes halogenated alkanes) is 1. The van der Waals surface area contributed by atoms with E-state index in [4.69, 9.17) is 9.84 Å². The van der Waals surface area contributed by atoms with Crippen molar-refractivity contribution in [1.82, 2.24) is 0 Å². The predicted octanol–water partition coefficient (Wildman–Crippen LogP) is 0.988. The number of methoxy groups -OCH3 is 1. The maximum atomic E-state index is 10.4. The highest BCUT2D eigenvalue weighted by Gasteiger charge is 1.97. The Labute approximate surface area is 81.6 Å². The molecule has 4 heteroatoms. The van der Waals surface area contributed by atoms with Crippen molar-refractivity contribution in [3.05, 3.63) is 11.6 Å². The molecule has 13 heavy (non-hydrogen) atoms. The summed E-state index contributed by atoms with van der Waals surface area (Å²) in [6.45, 7) is 1.63. The molecule has 0 aliphatic heterocycles. The lowest BCUT2D eigenvalue weighted by molar-refractivity contribution is -0.132. The van der Waals surface area contributed by atoms with Crippen LogP contribution in [0, 0.1) is 0 Å². The second-order valence-corrected chi connectivity index (χ2v) is 4.86. The van der Waals surface area contributed by atoms with E-state index in [9.17, 15) is 4.79 Å². The minimum absolute atomic E-state index is 0.0519. The summed E-state index contributed by atoms with van der Waals surface area (Å²) >= 11 is 0. The predicted molar refractivity (Wildman–Crippen MR) is 55.9 cm³/mol. The molecule has 0 aliphatic rings. The summed E-state index contributed by atoms with van der Waals surface area (Å²) in [5, 5.41) is 8.54. The quantitative estimate of drug-likeness (QED) is 0.380. The molecule has 0 saturated heterocycles. The Hall–Kier alpha value is -0.613. The first-order chi connectivity index (χ1) is 6.18. The summed E-state index contributed by atoms with van der Waals surface area (Å²) < 4.78 is 4.96. The Balaban J connectivity index is 3.34. The molecular formula is C9H18O3Si. The van der Waals surface area contributed by atoms with Gasteiger partial charge in [-0.25, -0.2) is 4.79 Å². The Morgan fingerprint density at radius 3 is 2.85 bits per heavy atom. The van der Waals surface area contributed by atoms with Crippen LogP contribution in [0.15, 0.2) is 11.6 Å². The fourth-order valence-corrected chi connectivity index (χ4v) is 2.11. The van der Waals surface area contributed by atoms with Gasteiger partial charge in [-0.1, -0.05) is 18.5 Å². The van der Waals surface area contributed by atoms with Crippen LogP contribution < -0.4 is 0 Å². The zero-order chi connectivity index (χ0) is 10.1. The molecule has 1 N–H and O–H groups in total. The van der Waals surface area contributed by atoms with E-state index in [1.54, 1.807) is 20.1 Å². The van der Waals surface area contributed by atoms with E-state index in [-0.39, 0.29) is 9.52 Å².